The van der Waals surface area contributed by atoms with Crippen LogP contribution in [0.15, 0.2) is 48.5 Å². The quantitative estimate of drug-likeness (QED) is 0.884. The molecule has 122 valence electrons. The van der Waals surface area contributed by atoms with E-state index in [4.69, 9.17) is 0 Å². The molecule has 1 amide bonds. The first-order chi connectivity index (χ1) is 11.0. The van der Waals surface area contributed by atoms with Gasteiger partial charge in [-0.25, -0.2) is 0 Å². The third-order valence-electron chi connectivity index (χ3n) is 4.25. The number of hydrogen-bond donors (Lipinski definition) is 1. The highest BCUT2D eigenvalue weighted by atomic mass is 16.2. The lowest BCUT2D eigenvalue weighted by Gasteiger charge is -2.26. The number of likely N-dealkylation sites (N-methyl/N-ethyl adjacent to an activating group) is 1. The van der Waals surface area contributed by atoms with Crippen LogP contribution >= 0.6 is 0 Å². The van der Waals surface area contributed by atoms with E-state index >= 15 is 0 Å². The zero-order valence-corrected chi connectivity index (χ0v) is 14.5. The molecule has 0 fully saturated rings. The van der Waals surface area contributed by atoms with Gasteiger partial charge >= 0.3 is 0 Å². The molecule has 3 heteroatoms. The molecule has 0 aliphatic heterocycles. The van der Waals surface area contributed by atoms with Crippen molar-refractivity contribution in [2.24, 2.45) is 0 Å². The van der Waals surface area contributed by atoms with Crippen LogP contribution in [0.5, 0.6) is 0 Å². The summed E-state index contributed by atoms with van der Waals surface area (Å²) in [4.78, 5) is 14.8. The Balaban J connectivity index is 2.12. The van der Waals surface area contributed by atoms with Crippen LogP contribution in [0, 0.1) is 13.8 Å². The number of hydrogen-bond acceptors (Lipinski definition) is 2. The van der Waals surface area contributed by atoms with E-state index in [2.05, 4.69) is 49.2 Å². The van der Waals surface area contributed by atoms with E-state index in [1.165, 1.54) is 11.1 Å². The van der Waals surface area contributed by atoms with Crippen LogP contribution in [0.25, 0.3) is 0 Å². The topological polar surface area (TPSA) is 32.3 Å². The number of carbonyl (C=O) groups excluding carboxylic acids is 1. The first-order valence-corrected chi connectivity index (χ1v) is 8.12. The molecule has 1 unspecified atom stereocenters. The van der Waals surface area contributed by atoms with Crippen LogP contribution < -0.4 is 5.32 Å². The van der Waals surface area contributed by atoms with Gasteiger partial charge in [0, 0.05) is 6.54 Å². The van der Waals surface area contributed by atoms with Crippen LogP contribution in [0.1, 0.15) is 35.2 Å². The maximum absolute atomic E-state index is 12.7. The Bertz CT molecular complexity index is 652. The van der Waals surface area contributed by atoms with Crippen molar-refractivity contribution in [2.45, 2.75) is 33.4 Å². The van der Waals surface area contributed by atoms with Gasteiger partial charge in [0.2, 0.25) is 5.91 Å². The largest absolute Gasteiger partial charge is 0.350 e. The lowest BCUT2D eigenvalue weighted by molar-refractivity contribution is -0.126. The van der Waals surface area contributed by atoms with Crippen LogP contribution in [0.3, 0.4) is 0 Å². The monoisotopic (exact) mass is 310 g/mol. The number of nitrogens with zero attached hydrogens (tertiary/aromatic N) is 1. The average molecular weight is 310 g/mol. The van der Waals surface area contributed by atoms with Crippen molar-refractivity contribution >= 4 is 5.91 Å². The molecule has 0 spiro atoms. The van der Waals surface area contributed by atoms with Gasteiger partial charge in [-0.1, -0.05) is 61.0 Å². The van der Waals surface area contributed by atoms with E-state index in [1.807, 2.05) is 37.4 Å². The van der Waals surface area contributed by atoms with Gasteiger partial charge in [0.1, 0.15) is 6.04 Å². The molecule has 0 heterocycles. The molecule has 3 nitrogen and oxygen atoms in total. The van der Waals surface area contributed by atoms with Crippen molar-refractivity contribution in [3.63, 3.8) is 0 Å². The minimum atomic E-state index is -0.257. The number of amides is 1. The minimum Gasteiger partial charge on any atom is -0.350 e. The van der Waals surface area contributed by atoms with E-state index in [0.29, 0.717) is 6.54 Å². The summed E-state index contributed by atoms with van der Waals surface area (Å²) in [5.41, 5.74) is 4.64. The third kappa shape index (κ3) is 4.42. The average Bonchev–Trinajstić information content (AvgIpc) is 2.55. The Kier molecular flexibility index (Phi) is 5.94. The van der Waals surface area contributed by atoms with Crippen molar-refractivity contribution in [1.29, 1.82) is 0 Å². The summed E-state index contributed by atoms with van der Waals surface area (Å²) in [6.07, 6.45) is 0. The molecule has 0 saturated carbocycles. The van der Waals surface area contributed by atoms with Gasteiger partial charge in [0.25, 0.3) is 0 Å². The van der Waals surface area contributed by atoms with Crippen LogP contribution in [0.4, 0.5) is 0 Å². The summed E-state index contributed by atoms with van der Waals surface area (Å²) < 4.78 is 0. The molecular weight excluding hydrogens is 284 g/mol. The lowest BCUT2D eigenvalue weighted by atomic mass is 10.0. The predicted octanol–water partition coefficient (Wildman–Crippen LogP) is 3.61. The molecule has 0 radical (unpaired) electrons. The van der Waals surface area contributed by atoms with Crippen LogP contribution in [-0.4, -0.2) is 24.4 Å². The van der Waals surface area contributed by atoms with Gasteiger partial charge in [0.15, 0.2) is 0 Å². The Morgan fingerprint density at radius 1 is 1.13 bits per heavy atom. The van der Waals surface area contributed by atoms with Gasteiger partial charge in [-0.3, -0.25) is 9.69 Å². The number of nitrogens with one attached hydrogen (secondary N) is 1. The summed E-state index contributed by atoms with van der Waals surface area (Å²) in [6, 6.07) is 16.0. The molecular formula is C20H26N2O. The Labute approximate surface area is 139 Å². The fraction of sp³-hybridized carbons (Fsp3) is 0.350. The molecule has 2 rings (SSSR count). The van der Waals surface area contributed by atoms with Crippen molar-refractivity contribution in [3.05, 3.63) is 70.8 Å². The first-order valence-electron chi connectivity index (χ1n) is 8.12. The highest BCUT2D eigenvalue weighted by Gasteiger charge is 2.23. The standard InChI is InChI=1S/C20H26N2O/c1-5-22(4)19(17-9-7-6-8-10-17)20(23)21-14-18-12-11-15(2)13-16(18)3/h6-13,19H,5,14H2,1-4H3,(H,21,23). The van der Waals surface area contributed by atoms with Gasteiger partial charge in [0.05, 0.1) is 0 Å². The smallest absolute Gasteiger partial charge is 0.242 e. The summed E-state index contributed by atoms with van der Waals surface area (Å²) in [7, 11) is 1.98. The second-order valence-corrected chi connectivity index (χ2v) is 6.03. The fourth-order valence-electron chi connectivity index (χ4n) is 2.75. The Hall–Kier alpha value is -2.13. The van der Waals surface area contributed by atoms with Crippen LogP contribution in [0.2, 0.25) is 0 Å². The highest BCUT2D eigenvalue weighted by molar-refractivity contribution is 5.83. The maximum Gasteiger partial charge on any atom is 0.242 e. The van der Waals surface area contributed by atoms with Crippen molar-refractivity contribution in [1.82, 2.24) is 10.2 Å². The lowest BCUT2D eigenvalue weighted by Crippen LogP contribution is -2.38. The molecule has 2 aromatic carbocycles. The van der Waals surface area contributed by atoms with E-state index in [-0.39, 0.29) is 11.9 Å². The molecule has 23 heavy (non-hydrogen) atoms. The zero-order chi connectivity index (χ0) is 16.8. The van der Waals surface area contributed by atoms with Crippen LogP contribution in [-0.2, 0) is 11.3 Å². The molecule has 1 atom stereocenters. The number of rotatable bonds is 6. The van der Waals surface area contributed by atoms with E-state index < -0.39 is 0 Å². The van der Waals surface area contributed by atoms with Gasteiger partial charge in [-0.2, -0.15) is 0 Å². The van der Waals surface area contributed by atoms with Gasteiger partial charge in [-0.15, -0.1) is 0 Å². The number of carbonyl (C=O) groups is 1. The number of aryl methyl sites for hydroxylation is 2. The van der Waals surface area contributed by atoms with E-state index in [1.54, 1.807) is 0 Å². The third-order valence-corrected chi connectivity index (χ3v) is 4.25. The minimum absolute atomic E-state index is 0.0422. The summed E-state index contributed by atoms with van der Waals surface area (Å²) in [5.74, 6) is 0.0422. The highest BCUT2D eigenvalue weighted by Crippen LogP contribution is 2.19. The zero-order valence-electron chi connectivity index (χ0n) is 14.5. The van der Waals surface area contributed by atoms with Crippen molar-refractivity contribution in [2.75, 3.05) is 13.6 Å². The Morgan fingerprint density at radius 3 is 2.43 bits per heavy atom. The summed E-state index contributed by atoms with van der Waals surface area (Å²) >= 11 is 0. The Morgan fingerprint density at radius 2 is 1.83 bits per heavy atom. The second kappa shape index (κ2) is 7.93. The molecule has 0 aliphatic rings. The molecule has 1 N–H and O–H groups in total. The van der Waals surface area contributed by atoms with Crippen molar-refractivity contribution in [3.8, 4) is 0 Å². The molecule has 0 saturated heterocycles. The predicted molar refractivity (Wildman–Crippen MR) is 95.2 cm³/mol. The maximum atomic E-state index is 12.7. The number of benzene rings is 2. The molecule has 0 aliphatic carbocycles. The second-order valence-electron chi connectivity index (χ2n) is 6.03. The van der Waals surface area contributed by atoms with Gasteiger partial charge in [-0.05, 0) is 44.1 Å². The fourth-order valence-corrected chi connectivity index (χ4v) is 2.75. The first kappa shape index (κ1) is 17.2. The molecule has 0 aromatic heterocycles. The molecule has 0 bridgehead atoms. The SMILES string of the molecule is CCN(C)C(C(=O)NCc1ccc(C)cc1C)c1ccccc1. The van der Waals surface area contributed by atoms with Gasteiger partial charge < -0.3 is 5.32 Å². The molecule has 2 aromatic rings. The van der Waals surface area contributed by atoms with E-state index in [0.717, 1.165) is 17.7 Å². The summed E-state index contributed by atoms with van der Waals surface area (Å²) in [6.45, 7) is 7.61. The van der Waals surface area contributed by atoms with E-state index in [9.17, 15) is 4.79 Å². The summed E-state index contributed by atoms with van der Waals surface area (Å²) in [5, 5.41) is 3.09. The van der Waals surface area contributed by atoms with Crippen molar-refractivity contribution < 1.29 is 4.79 Å². The normalized spacial score (nSPS) is 12.2.